The summed E-state index contributed by atoms with van der Waals surface area (Å²) in [6.07, 6.45) is 6.56. The van der Waals surface area contributed by atoms with Gasteiger partial charge in [-0.15, -0.1) is 12.3 Å². The van der Waals surface area contributed by atoms with Crippen LogP contribution in [-0.2, 0) is 9.59 Å². The van der Waals surface area contributed by atoms with Crippen molar-refractivity contribution in [1.82, 2.24) is 10.6 Å². The molecule has 1 aliphatic heterocycles. The molecule has 0 aromatic heterocycles. The molecule has 0 spiro atoms. The maximum atomic E-state index is 11.3. The Balaban J connectivity index is 2.24. The smallest absolute Gasteiger partial charge is 0.242 e. The van der Waals surface area contributed by atoms with E-state index in [9.17, 15) is 9.59 Å². The van der Waals surface area contributed by atoms with E-state index in [0.717, 1.165) is 0 Å². The highest BCUT2D eigenvalue weighted by Gasteiger charge is 2.26. The van der Waals surface area contributed by atoms with Gasteiger partial charge in [-0.25, -0.2) is 0 Å². The maximum absolute atomic E-state index is 11.3. The van der Waals surface area contributed by atoms with Crippen molar-refractivity contribution in [1.29, 1.82) is 0 Å². The van der Waals surface area contributed by atoms with Gasteiger partial charge in [0.2, 0.25) is 11.8 Å². The van der Waals surface area contributed by atoms with Gasteiger partial charge < -0.3 is 10.6 Å². The molecule has 0 bridgehead atoms. The molecule has 0 saturated carbocycles. The van der Waals surface area contributed by atoms with Crippen LogP contribution in [0.2, 0.25) is 0 Å². The summed E-state index contributed by atoms with van der Waals surface area (Å²) < 4.78 is 0. The number of carbonyl (C=O) groups is 2. The van der Waals surface area contributed by atoms with Gasteiger partial charge in [0.25, 0.3) is 0 Å². The van der Waals surface area contributed by atoms with Crippen molar-refractivity contribution in [3.05, 3.63) is 0 Å². The van der Waals surface area contributed by atoms with Crippen molar-refractivity contribution in [2.75, 3.05) is 6.54 Å². The number of carbonyl (C=O) groups excluding carboxylic acids is 2. The Labute approximate surface area is 77.1 Å². The highest BCUT2D eigenvalue weighted by molar-refractivity contribution is 5.90. The third-order valence-corrected chi connectivity index (χ3v) is 1.88. The lowest BCUT2D eigenvalue weighted by molar-refractivity contribution is -0.125. The van der Waals surface area contributed by atoms with Crippen molar-refractivity contribution in [3.63, 3.8) is 0 Å². The van der Waals surface area contributed by atoms with Crippen molar-refractivity contribution in [2.24, 2.45) is 0 Å². The van der Waals surface area contributed by atoms with Crippen LogP contribution in [0, 0.1) is 12.3 Å². The molecule has 1 rings (SSSR count). The highest BCUT2D eigenvalue weighted by atomic mass is 16.2. The largest absolute Gasteiger partial charge is 0.353 e. The van der Waals surface area contributed by atoms with Crippen LogP contribution in [0.25, 0.3) is 0 Å². The van der Waals surface area contributed by atoms with Gasteiger partial charge in [0, 0.05) is 19.4 Å². The first-order valence-corrected chi connectivity index (χ1v) is 4.24. The van der Waals surface area contributed by atoms with Crippen LogP contribution in [0.1, 0.15) is 19.3 Å². The van der Waals surface area contributed by atoms with Crippen LogP contribution in [0.4, 0.5) is 0 Å². The summed E-state index contributed by atoms with van der Waals surface area (Å²) in [5, 5.41) is 5.23. The standard InChI is InChI=1S/C9H12N2O2/c1-2-3-6-10-9(13)7-4-5-8(12)11-7/h1,7H,3-6H2,(H,10,13)(H,11,12)/t7-/m0/s1. The third-order valence-electron chi connectivity index (χ3n) is 1.88. The molecule has 2 N–H and O–H groups in total. The molecule has 1 saturated heterocycles. The predicted molar refractivity (Wildman–Crippen MR) is 47.6 cm³/mol. The third kappa shape index (κ3) is 2.79. The molecule has 0 aliphatic carbocycles. The molecule has 4 heteroatoms. The average molecular weight is 180 g/mol. The number of nitrogens with one attached hydrogen (secondary N) is 2. The number of hydrogen-bond acceptors (Lipinski definition) is 2. The fraction of sp³-hybridized carbons (Fsp3) is 0.556. The Kier molecular flexibility index (Phi) is 3.32. The van der Waals surface area contributed by atoms with Gasteiger partial charge in [0.15, 0.2) is 0 Å². The molecule has 70 valence electrons. The SMILES string of the molecule is C#CCCNC(=O)[C@@H]1CCC(=O)N1. The van der Waals surface area contributed by atoms with E-state index in [2.05, 4.69) is 16.6 Å². The van der Waals surface area contributed by atoms with Crippen LogP contribution >= 0.6 is 0 Å². The van der Waals surface area contributed by atoms with E-state index in [1.165, 1.54) is 0 Å². The number of hydrogen-bond donors (Lipinski definition) is 2. The zero-order valence-electron chi connectivity index (χ0n) is 7.30. The van der Waals surface area contributed by atoms with Crippen LogP contribution in [0.3, 0.4) is 0 Å². The fourth-order valence-corrected chi connectivity index (χ4v) is 1.19. The quantitative estimate of drug-likeness (QED) is 0.450. The zero-order chi connectivity index (χ0) is 9.68. The highest BCUT2D eigenvalue weighted by Crippen LogP contribution is 2.05. The second-order valence-corrected chi connectivity index (χ2v) is 2.90. The molecule has 2 amide bonds. The van der Waals surface area contributed by atoms with Crippen molar-refractivity contribution >= 4 is 11.8 Å². The molecule has 1 atom stereocenters. The number of amides is 2. The van der Waals surface area contributed by atoms with E-state index in [1.807, 2.05) is 0 Å². The summed E-state index contributed by atoms with van der Waals surface area (Å²) in [6, 6.07) is -0.356. The second-order valence-electron chi connectivity index (χ2n) is 2.90. The number of terminal acetylenes is 1. The molecule has 13 heavy (non-hydrogen) atoms. The molecule has 1 heterocycles. The van der Waals surface area contributed by atoms with Crippen LogP contribution in [0.15, 0.2) is 0 Å². The van der Waals surface area contributed by atoms with Crippen LogP contribution < -0.4 is 10.6 Å². The maximum Gasteiger partial charge on any atom is 0.242 e. The van der Waals surface area contributed by atoms with Crippen molar-refractivity contribution in [3.8, 4) is 12.3 Å². The normalized spacial score (nSPS) is 20.5. The van der Waals surface area contributed by atoms with Gasteiger partial charge in [-0.2, -0.15) is 0 Å². The van der Waals surface area contributed by atoms with Gasteiger partial charge in [-0.1, -0.05) is 0 Å². The van der Waals surface area contributed by atoms with E-state index in [-0.39, 0.29) is 17.9 Å². The monoisotopic (exact) mass is 180 g/mol. The van der Waals surface area contributed by atoms with E-state index in [1.54, 1.807) is 0 Å². The van der Waals surface area contributed by atoms with Gasteiger partial charge in [0.1, 0.15) is 6.04 Å². The zero-order valence-corrected chi connectivity index (χ0v) is 7.30. The molecule has 4 nitrogen and oxygen atoms in total. The van der Waals surface area contributed by atoms with E-state index in [4.69, 9.17) is 6.42 Å². The minimum Gasteiger partial charge on any atom is -0.353 e. The molecule has 0 unspecified atom stereocenters. The molecule has 1 aliphatic rings. The van der Waals surface area contributed by atoms with E-state index >= 15 is 0 Å². The summed E-state index contributed by atoms with van der Waals surface area (Å²) in [5.41, 5.74) is 0. The number of rotatable bonds is 3. The minimum absolute atomic E-state index is 0.0582. The van der Waals surface area contributed by atoms with Gasteiger partial charge in [-0.05, 0) is 6.42 Å². The first-order chi connectivity index (χ1) is 6.24. The molecule has 1 fully saturated rings. The second kappa shape index (κ2) is 4.51. The topological polar surface area (TPSA) is 58.2 Å². The van der Waals surface area contributed by atoms with Crippen LogP contribution in [-0.4, -0.2) is 24.4 Å². The lowest BCUT2D eigenvalue weighted by Gasteiger charge is -2.09. The first kappa shape index (κ1) is 9.59. The molecule has 0 aromatic rings. The van der Waals surface area contributed by atoms with E-state index in [0.29, 0.717) is 25.8 Å². The molecule has 0 radical (unpaired) electrons. The van der Waals surface area contributed by atoms with Crippen molar-refractivity contribution < 1.29 is 9.59 Å². The van der Waals surface area contributed by atoms with E-state index < -0.39 is 0 Å². The predicted octanol–water partition coefficient (Wildman–Crippen LogP) is -0.596. The Morgan fingerprint density at radius 3 is 3.08 bits per heavy atom. The Morgan fingerprint density at radius 2 is 2.54 bits per heavy atom. The summed E-state index contributed by atoms with van der Waals surface area (Å²) in [6.45, 7) is 0.474. The Morgan fingerprint density at radius 1 is 1.77 bits per heavy atom. The summed E-state index contributed by atoms with van der Waals surface area (Å²) >= 11 is 0. The van der Waals surface area contributed by atoms with Crippen LogP contribution in [0.5, 0.6) is 0 Å². The molecular formula is C9H12N2O2. The summed E-state index contributed by atoms with van der Waals surface area (Å²) in [4.78, 5) is 22.0. The molecule has 0 aromatic carbocycles. The fourth-order valence-electron chi connectivity index (χ4n) is 1.19. The lowest BCUT2D eigenvalue weighted by atomic mass is 10.2. The lowest BCUT2D eigenvalue weighted by Crippen LogP contribution is -2.41. The molecular weight excluding hydrogens is 168 g/mol. The first-order valence-electron chi connectivity index (χ1n) is 4.24. The summed E-state index contributed by atoms with van der Waals surface area (Å²) in [7, 11) is 0. The van der Waals surface area contributed by atoms with Gasteiger partial charge in [-0.3, -0.25) is 9.59 Å². The minimum atomic E-state index is -0.356. The Hall–Kier alpha value is -1.50. The van der Waals surface area contributed by atoms with Gasteiger partial charge >= 0.3 is 0 Å². The van der Waals surface area contributed by atoms with Crippen molar-refractivity contribution in [2.45, 2.75) is 25.3 Å². The Bertz CT molecular complexity index is 255. The average Bonchev–Trinajstić information content (AvgIpc) is 2.52. The summed E-state index contributed by atoms with van der Waals surface area (Å²) in [5.74, 6) is 2.22. The van der Waals surface area contributed by atoms with Gasteiger partial charge in [0.05, 0.1) is 0 Å².